The van der Waals surface area contributed by atoms with E-state index in [1.165, 1.54) is 24.3 Å². The van der Waals surface area contributed by atoms with E-state index < -0.39 is 23.4 Å². The van der Waals surface area contributed by atoms with Crippen molar-refractivity contribution >= 4 is 21.8 Å². The van der Waals surface area contributed by atoms with Crippen molar-refractivity contribution < 1.29 is 18.0 Å². The fraction of sp³-hybridized carbons (Fsp3) is 0.133. The average molecular weight is 358 g/mol. The smallest absolute Gasteiger partial charge is 0.251 e. The fourth-order valence-electron chi connectivity index (χ4n) is 1.82. The van der Waals surface area contributed by atoms with E-state index >= 15 is 0 Å². The molecule has 2 aromatic rings. The largest absolute Gasteiger partial charge is 0.352 e. The summed E-state index contributed by atoms with van der Waals surface area (Å²) >= 11 is 3.00. The highest BCUT2D eigenvalue weighted by Gasteiger charge is 2.08. The molecule has 1 N–H and O–H groups in total. The molecule has 0 aromatic heterocycles. The molecule has 1 amide bonds. The van der Waals surface area contributed by atoms with Gasteiger partial charge in [0.05, 0.1) is 4.47 Å². The summed E-state index contributed by atoms with van der Waals surface area (Å²) in [4.78, 5) is 11.8. The Balaban J connectivity index is 1.93. The molecule has 0 aliphatic rings. The molecule has 2 rings (SSSR count). The van der Waals surface area contributed by atoms with Crippen molar-refractivity contribution in [1.29, 1.82) is 0 Å². The lowest BCUT2D eigenvalue weighted by atomic mass is 10.1. The summed E-state index contributed by atoms with van der Waals surface area (Å²) < 4.78 is 39.6. The quantitative estimate of drug-likeness (QED) is 0.884. The molecule has 110 valence electrons. The Bertz CT molecular complexity index is 656. The molecule has 0 aliphatic carbocycles. The zero-order valence-corrected chi connectivity index (χ0v) is 12.4. The number of benzene rings is 2. The molecular weight excluding hydrogens is 347 g/mol. The van der Waals surface area contributed by atoms with Gasteiger partial charge in [-0.1, -0.05) is 0 Å². The van der Waals surface area contributed by atoms with E-state index in [0.29, 0.717) is 5.56 Å². The minimum atomic E-state index is -0.661. The van der Waals surface area contributed by atoms with Crippen LogP contribution < -0.4 is 5.32 Å². The second kappa shape index (κ2) is 6.76. The van der Waals surface area contributed by atoms with Crippen LogP contribution in [0.1, 0.15) is 15.9 Å². The van der Waals surface area contributed by atoms with Gasteiger partial charge in [0.2, 0.25) is 0 Å². The summed E-state index contributed by atoms with van der Waals surface area (Å²) in [5.41, 5.74) is 0.621. The van der Waals surface area contributed by atoms with Crippen molar-refractivity contribution in [3.05, 3.63) is 69.4 Å². The monoisotopic (exact) mass is 357 g/mol. The van der Waals surface area contributed by atoms with Crippen LogP contribution in [-0.4, -0.2) is 12.5 Å². The average Bonchev–Trinajstić information content (AvgIpc) is 2.40. The van der Waals surface area contributed by atoms with E-state index in [-0.39, 0.29) is 23.0 Å². The highest BCUT2D eigenvalue weighted by Crippen LogP contribution is 2.16. The SMILES string of the molecule is O=C(NCCc1cc(F)cc(F)c1)c1ccc(Br)c(F)c1. The van der Waals surface area contributed by atoms with Crippen LogP contribution in [0.5, 0.6) is 0 Å². The predicted octanol–water partition coefficient (Wildman–Crippen LogP) is 3.84. The lowest BCUT2D eigenvalue weighted by molar-refractivity contribution is 0.0953. The first kappa shape index (κ1) is 15.6. The standard InChI is InChI=1S/C15H11BrF3NO/c16-13-2-1-10(7-14(13)19)15(21)20-4-3-9-5-11(17)8-12(18)6-9/h1-2,5-8H,3-4H2,(H,20,21). The summed E-state index contributed by atoms with van der Waals surface area (Å²) in [5, 5.41) is 2.57. The van der Waals surface area contributed by atoms with Gasteiger partial charge in [-0.3, -0.25) is 4.79 Å². The van der Waals surface area contributed by atoms with Gasteiger partial charge in [0, 0.05) is 18.2 Å². The topological polar surface area (TPSA) is 29.1 Å². The summed E-state index contributed by atoms with van der Waals surface area (Å²) in [6.07, 6.45) is 0.277. The Morgan fingerprint density at radius 1 is 1.05 bits per heavy atom. The highest BCUT2D eigenvalue weighted by atomic mass is 79.9. The minimum absolute atomic E-state index is 0.182. The van der Waals surface area contributed by atoms with Crippen LogP contribution in [0.3, 0.4) is 0 Å². The molecular formula is C15H11BrF3NO. The molecule has 0 unspecified atom stereocenters. The van der Waals surface area contributed by atoms with Crippen molar-refractivity contribution in [2.24, 2.45) is 0 Å². The van der Waals surface area contributed by atoms with E-state index in [4.69, 9.17) is 0 Å². The Morgan fingerprint density at radius 2 is 1.71 bits per heavy atom. The van der Waals surface area contributed by atoms with Gasteiger partial charge >= 0.3 is 0 Å². The molecule has 0 fully saturated rings. The van der Waals surface area contributed by atoms with Gasteiger partial charge in [-0.25, -0.2) is 13.2 Å². The van der Waals surface area contributed by atoms with Crippen LogP contribution in [-0.2, 0) is 6.42 Å². The summed E-state index contributed by atoms with van der Waals surface area (Å²) in [7, 11) is 0. The molecule has 0 saturated heterocycles. The first-order chi connectivity index (χ1) is 9.95. The van der Waals surface area contributed by atoms with E-state index in [2.05, 4.69) is 21.2 Å². The maximum Gasteiger partial charge on any atom is 0.251 e. The normalized spacial score (nSPS) is 10.5. The van der Waals surface area contributed by atoms with Crippen molar-refractivity contribution in [3.63, 3.8) is 0 Å². The summed E-state index contributed by atoms with van der Waals surface area (Å²) in [5.74, 6) is -2.30. The minimum Gasteiger partial charge on any atom is -0.352 e. The first-order valence-corrected chi connectivity index (χ1v) is 6.93. The molecule has 2 aromatic carbocycles. The van der Waals surface area contributed by atoms with E-state index in [1.807, 2.05) is 0 Å². The lowest BCUT2D eigenvalue weighted by Crippen LogP contribution is -2.25. The number of hydrogen-bond acceptors (Lipinski definition) is 1. The third-order valence-electron chi connectivity index (χ3n) is 2.80. The van der Waals surface area contributed by atoms with Crippen LogP contribution in [0, 0.1) is 17.5 Å². The van der Waals surface area contributed by atoms with Crippen LogP contribution >= 0.6 is 15.9 Å². The van der Waals surface area contributed by atoms with Gasteiger partial charge in [-0.15, -0.1) is 0 Å². The van der Waals surface area contributed by atoms with Crippen LogP contribution in [0.15, 0.2) is 40.9 Å². The molecule has 0 bridgehead atoms. The Hall–Kier alpha value is -1.82. The van der Waals surface area contributed by atoms with Crippen LogP contribution in [0.2, 0.25) is 0 Å². The van der Waals surface area contributed by atoms with Crippen LogP contribution in [0.4, 0.5) is 13.2 Å². The fourth-order valence-corrected chi connectivity index (χ4v) is 2.06. The number of nitrogens with one attached hydrogen (secondary N) is 1. The Labute approximate surface area is 128 Å². The second-order valence-corrected chi connectivity index (χ2v) is 5.27. The first-order valence-electron chi connectivity index (χ1n) is 6.14. The summed E-state index contributed by atoms with van der Waals surface area (Å²) in [6.45, 7) is 0.194. The lowest BCUT2D eigenvalue weighted by Gasteiger charge is -2.06. The van der Waals surface area contributed by atoms with Gasteiger partial charge < -0.3 is 5.32 Å². The van der Waals surface area contributed by atoms with Crippen molar-refractivity contribution in [2.45, 2.75) is 6.42 Å². The maximum absolute atomic E-state index is 13.3. The van der Waals surface area contributed by atoms with Crippen LogP contribution in [0.25, 0.3) is 0 Å². The van der Waals surface area contributed by atoms with Crippen molar-refractivity contribution in [1.82, 2.24) is 5.32 Å². The molecule has 6 heteroatoms. The van der Waals surface area contributed by atoms with Gasteiger partial charge in [0.1, 0.15) is 17.5 Å². The molecule has 2 nitrogen and oxygen atoms in total. The summed E-state index contributed by atoms with van der Waals surface area (Å²) in [6, 6.07) is 7.22. The number of carbonyl (C=O) groups is 1. The predicted molar refractivity (Wildman–Crippen MR) is 76.5 cm³/mol. The zero-order valence-electron chi connectivity index (χ0n) is 10.8. The number of halogens is 4. The third kappa shape index (κ3) is 4.32. The number of carbonyl (C=O) groups excluding carboxylic acids is 1. The van der Waals surface area contributed by atoms with Gasteiger partial charge in [-0.2, -0.15) is 0 Å². The van der Waals surface area contributed by atoms with Gasteiger partial charge in [0.15, 0.2) is 0 Å². The van der Waals surface area contributed by atoms with Crippen molar-refractivity contribution in [3.8, 4) is 0 Å². The molecule has 0 heterocycles. The number of rotatable bonds is 4. The van der Waals surface area contributed by atoms with Gasteiger partial charge in [0.25, 0.3) is 5.91 Å². The molecule has 21 heavy (non-hydrogen) atoms. The number of hydrogen-bond donors (Lipinski definition) is 1. The Kier molecular flexibility index (Phi) is 5.01. The second-order valence-electron chi connectivity index (χ2n) is 4.41. The molecule has 0 radical (unpaired) electrons. The maximum atomic E-state index is 13.3. The molecule has 0 aliphatic heterocycles. The third-order valence-corrected chi connectivity index (χ3v) is 3.45. The Morgan fingerprint density at radius 3 is 2.33 bits per heavy atom. The number of amides is 1. The molecule has 0 atom stereocenters. The van der Waals surface area contributed by atoms with Gasteiger partial charge in [-0.05, 0) is 58.2 Å². The van der Waals surface area contributed by atoms with E-state index in [0.717, 1.165) is 12.1 Å². The van der Waals surface area contributed by atoms with E-state index in [9.17, 15) is 18.0 Å². The van der Waals surface area contributed by atoms with Crippen molar-refractivity contribution in [2.75, 3.05) is 6.54 Å². The van der Waals surface area contributed by atoms with E-state index in [1.54, 1.807) is 0 Å². The molecule has 0 spiro atoms. The zero-order chi connectivity index (χ0) is 15.4. The molecule has 0 saturated carbocycles. The highest BCUT2D eigenvalue weighted by molar-refractivity contribution is 9.10.